The lowest BCUT2D eigenvalue weighted by molar-refractivity contribution is -0.138. The lowest BCUT2D eigenvalue weighted by Crippen LogP contribution is -2.02. The first-order valence-electron chi connectivity index (χ1n) is 15.7. The van der Waals surface area contributed by atoms with E-state index in [-0.39, 0.29) is 11.9 Å². The van der Waals surface area contributed by atoms with Gasteiger partial charge in [0.1, 0.15) is 0 Å². The first-order chi connectivity index (χ1) is 21.0. The fourth-order valence-corrected chi connectivity index (χ4v) is 4.41. The predicted molar refractivity (Wildman–Crippen MR) is 173 cm³/mol. The Bertz CT molecular complexity index is 1060. The van der Waals surface area contributed by atoms with Gasteiger partial charge in [-0.15, -0.1) is 0 Å². The maximum atomic E-state index is 12.2. The van der Waals surface area contributed by atoms with Crippen LogP contribution in [0.1, 0.15) is 102 Å². The standard InChI is InChI=1S/C36H50O7/c1-5-7-9-11-13-15-25-41-35(37)23-19-29-17-21-31(39-3)33(27-29)43-34-28-30(18-22-32(34)40-4)20-24-36(38)42-26-16-14-12-10-8-6-2/h17-24,27-28H,5-16,25-26H2,1-4H3/b23-19+,24-20+. The molecule has 0 heterocycles. The minimum absolute atomic E-state index is 0.376. The maximum Gasteiger partial charge on any atom is 0.330 e. The summed E-state index contributed by atoms with van der Waals surface area (Å²) in [5.74, 6) is 1.18. The Labute approximate surface area is 258 Å². The zero-order valence-electron chi connectivity index (χ0n) is 26.5. The van der Waals surface area contributed by atoms with Crippen molar-refractivity contribution in [1.29, 1.82) is 0 Å². The molecular weight excluding hydrogens is 544 g/mol. The average Bonchev–Trinajstić information content (AvgIpc) is 3.02. The van der Waals surface area contributed by atoms with E-state index in [9.17, 15) is 9.59 Å². The molecule has 0 spiro atoms. The van der Waals surface area contributed by atoms with Crippen LogP contribution < -0.4 is 14.2 Å². The minimum Gasteiger partial charge on any atom is -0.493 e. The van der Waals surface area contributed by atoms with Crippen LogP contribution in [-0.4, -0.2) is 39.4 Å². The Morgan fingerprint density at radius 3 is 1.35 bits per heavy atom. The van der Waals surface area contributed by atoms with Crippen LogP contribution in [-0.2, 0) is 19.1 Å². The van der Waals surface area contributed by atoms with Crippen molar-refractivity contribution in [3.8, 4) is 23.0 Å². The van der Waals surface area contributed by atoms with E-state index in [0.717, 1.165) is 36.8 Å². The van der Waals surface area contributed by atoms with Crippen molar-refractivity contribution in [2.45, 2.75) is 90.9 Å². The first-order valence-corrected chi connectivity index (χ1v) is 15.7. The summed E-state index contributed by atoms with van der Waals surface area (Å²) in [5.41, 5.74) is 1.49. The number of hydrogen-bond donors (Lipinski definition) is 0. The van der Waals surface area contributed by atoms with E-state index in [4.69, 9.17) is 23.7 Å². The van der Waals surface area contributed by atoms with Gasteiger partial charge in [-0.2, -0.15) is 0 Å². The van der Waals surface area contributed by atoms with E-state index in [0.29, 0.717) is 36.2 Å². The van der Waals surface area contributed by atoms with Gasteiger partial charge in [0.15, 0.2) is 23.0 Å². The third kappa shape index (κ3) is 14.8. The second-order valence-corrected chi connectivity index (χ2v) is 10.5. The predicted octanol–water partition coefficient (Wildman–Crippen LogP) is 9.33. The van der Waals surface area contributed by atoms with E-state index in [2.05, 4.69) is 13.8 Å². The number of rotatable bonds is 22. The molecule has 0 saturated carbocycles. The van der Waals surface area contributed by atoms with Crippen LogP contribution in [0.2, 0.25) is 0 Å². The molecule has 2 aromatic rings. The van der Waals surface area contributed by atoms with Gasteiger partial charge in [-0.3, -0.25) is 0 Å². The van der Waals surface area contributed by atoms with Crippen LogP contribution in [0.25, 0.3) is 12.2 Å². The molecule has 0 amide bonds. The second-order valence-electron chi connectivity index (χ2n) is 10.5. The number of esters is 2. The second kappa shape index (κ2) is 21.9. The fraction of sp³-hybridized carbons (Fsp3) is 0.500. The number of ether oxygens (including phenoxy) is 5. The molecule has 2 aromatic carbocycles. The Hall–Kier alpha value is -3.74. The summed E-state index contributed by atoms with van der Waals surface area (Å²) >= 11 is 0. The average molecular weight is 595 g/mol. The molecule has 7 heteroatoms. The number of unbranched alkanes of at least 4 members (excludes halogenated alkanes) is 10. The van der Waals surface area contributed by atoms with Crippen molar-refractivity contribution in [2.75, 3.05) is 27.4 Å². The molecule has 0 bridgehead atoms. The number of carbonyl (C=O) groups is 2. The molecule has 0 aliphatic carbocycles. The van der Waals surface area contributed by atoms with Crippen molar-refractivity contribution in [1.82, 2.24) is 0 Å². The lowest BCUT2D eigenvalue weighted by atomic mass is 10.1. The molecule has 0 N–H and O–H groups in total. The monoisotopic (exact) mass is 594 g/mol. The van der Waals surface area contributed by atoms with Crippen LogP contribution in [0.5, 0.6) is 23.0 Å². The van der Waals surface area contributed by atoms with Gasteiger partial charge in [0, 0.05) is 12.2 Å². The fourth-order valence-electron chi connectivity index (χ4n) is 4.41. The molecule has 7 nitrogen and oxygen atoms in total. The molecule has 0 unspecified atom stereocenters. The van der Waals surface area contributed by atoms with Gasteiger partial charge in [0.25, 0.3) is 0 Å². The zero-order valence-corrected chi connectivity index (χ0v) is 26.5. The maximum absolute atomic E-state index is 12.2. The van der Waals surface area contributed by atoms with E-state index in [1.165, 1.54) is 63.5 Å². The molecule has 0 aromatic heterocycles. The Morgan fingerprint density at radius 2 is 0.953 bits per heavy atom. The van der Waals surface area contributed by atoms with Crippen molar-refractivity contribution < 1.29 is 33.3 Å². The zero-order chi connectivity index (χ0) is 31.1. The normalized spacial score (nSPS) is 11.2. The molecule has 0 saturated heterocycles. The van der Waals surface area contributed by atoms with Gasteiger partial charge in [-0.25, -0.2) is 9.59 Å². The summed E-state index contributed by atoms with van der Waals surface area (Å²) in [5, 5.41) is 0. The van der Waals surface area contributed by atoms with Gasteiger partial charge in [0.05, 0.1) is 27.4 Å². The molecule has 43 heavy (non-hydrogen) atoms. The number of carbonyl (C=O) groups excluding carboxylic acids is 2. The summed E-state index contributed by atoms with van der Waals surface area (Å²) in [6.07, 6.45) is 19.8. The van der Waals surface area contributed by atoms with Gasteiger partial charge in [0.2, 0.25) is 0 Å². The number of benzene rings is 2. The van der Waals surface area contributed by atoms with Crippen LogP contribution >= 0.6 is 0 Å². The quantitative estimate of drug-likeness (QED) is 0.0763. The molecule has 0 aliphatic rings. The van der Waals surface area contributed by atoms with Gasteiger partial charge in [-0.1, -0.05) is 90.2 Å². The number of hydrogen-bond acceptors (Lipinski definition) is 7. The van der Waals surface area contributed by atoms with Crippen molar-refractivity contribution in [3.05, 3.63) is 59.7 Å². The molecule has 236 valence electrons. The Morgan fingerprint density at radius 1 is 0.558 bits per heavy atom. The highest BCUT2D eigenvalue weighted by atomic mass is 16.5. The SMILES string of the molecule is CCCCCCCCOC(=O)/C=C/c1ccc(OC)c(Oc2cc(/C=C/C(=O)OCCCCCCCC)ccc2OC)c1. The van der Waals surface area contributed by atoms with Crippen LogP contribution in [0.4, 0.5) is 0 Å². The highest BCUT2D eigenvalue weighted by Gasteiger charge is 2.12. The van der Waals surface area contributed by atoms with Crippen molar-refractivity contribution >= 4 is 24.1 Å². The molecule has 0 atom stereocenters. The number of methoxy groups -OCH3 is 2. The highest BCUT2D eigenvalue weighted by molar-refractivity contribution is 5.87. The smallest absolute Gasteiger partial charge is 0.330 e. The minimum atomic E-state index is -0.376. The van der Waals surface area contributed by atoms with E-state index in [1.807, 2.05) is 12.1 Å². The summed E-state index contributed by atoms with van der Waals surface area (Å²) in [7, 11) is 3.12. The summed E-state index contributed by atoms with van der Waals surface area (Å²) in [6.45, 7) is 5.23. The van der Waals surface area contributed by atoms with Crippen LogP contribution in [0, 0.1) is 0 Å². The lowest BCUT2D eigenvalue weighted by Gasteiger charge is -2.14. The first kappa shape index (κ1) is 35.5. The summed E-state index contributed by atoms with van der Waals surface area (Å²) < 4.78 is 27.9. The van der Waals surface area contributed by atoms with E-state index < -0.39 is 0 Å². The van der Waals surface area contributed by atoms with E-state index >= 15 is 0 Å². The third-order valence-corrected chi connectivity index (χ3v) is 6.90. The highest BCUT2D eigenvalue weighted by Crippen LogP contribution is 2.38. The van der Waals surface area contributed by atoms with Crippen molar-refractivity contribution in [2.24, 2.45) is 0 Å². The molecule has 0 aliphatic heterocycles. The van der Waals surface area contributed by atoms with Gasteiger partial charge in [-0.05, 0) is 60.4 Å². The van der Waals surface area contributed by atoms with Crippen molar-refractivity contribution in [3.63, 3.8) is 0 Å². The molecular formula is C36H50O7. The van der Waals surface area contributed by atoms with E-state index in [1.54, 1.807) is 50.6 Å². The molecule has 0 radical (unpaired) electrons. The summed E-state index contributed by atoms with van der Waals surface area (Å²) in [4.78, 5) is 24.4. The van der Waals surface area contributed by atoms with Crippen LogP contribution in [0.3, 0.4) is 0 Å². The molecule has 0 fully saturated rings. The topological polar surface area (TPSA) is 80.3 Å². The summed E-state index contributed by atoms with van der Waals surface area (Å²) in [6, 6.07) is 10.8. The van der Waals surface area contributed by atoms with Gasteiger partial charge < -0.3 is 23.7 Å². The third-order valence-electron chi connectivity index (χ3n) is 6.90. The Kier molecular flexibility index (Phi) is 18.0. The largest absolute Gasteiger partial charge is 0.493 e. The Balaban J connectivity index is 1.98. The van der Waals surface area contributed by atoms with Gasteiger partial charge >= 0.3 is 11.9 Å². The van der Waals surface area contributed by atoms with Crippen LogP contribution in [0.15, 0.2) is 48.6 Å². The molecule has 2 rings (SSSR count).